The second-order valence-corrected chi connectivity index (χ2v) is 4.63. The molecule has 20 heavy (non-hydrogen) atoms. The number of rotatable bonds is 5. The molecule has 0 radical (unpaired) electrons. The van der Waals surface area contributed by atoms with Gasteiger partial charge in [-0.05, 0) is 31.9 Å². The van der Waals surface area contributed by atoms with Crippen LogP contribution in [0.4, 0.5) is 10.1 Å². The quantitative estimate of drug-likeness (QED) is 0.861. The lowest BCUT2D eigenvalue weighted by molar-refractivity contribution is -0.126. The molecule has 0 saturated carbocycles. The molecule has 1 amide bonds. The Hall–Kier alpha value is -1.66. The van der Waals surface area contributed by atoms with Crippen LogP contribution >= 0.6 is 0 Å². The number of nitrogens with two attached hydrogens (primary N) is 1. The van der Waals surface area contributed by atoms with Crippen molar-refractivity contribution in [1.82, 2.24) is 0 Å². The highest BCUT2D eigenvalue weighted by Crippen LogP contribution is 2.23. The fraction of sp³-hybridized carbons (Fsp3) is 0.500. The lowest BCUT2D eigenvalue weighted by atomic mass is 10.2. The molecule has 110 valence electrons. The first-order valence-electron chi connectivity index (χ1n) is 6.72. The molecule has 0 aromatic heterocycles. The maximum absolute atomic E-state index is 13.7. The van der Waals surface area contributed by atoms with Crippen molar-refractivity contribution >= 4 is 11.6 Å². The van der Waals surface area contributed by atoms with Crippen molar-refractivity contribution in [3.05, 3.63) is 24.0 Å². The Morgan fingerprint density at radius 3 is 2.95 bits per heavy atom. The van der Waals surface area contributed by atoms with E-state index in [-0.39, 0.29) is 17.8 Å². The van der Waals surface area contributed by atoms with Crippen molar-refractivity contribution in [2.75, 3.05) is 18.5 Å². The van der Waals surface area contributed by atoms with Gasteiger partial charge in [0.1, 0.15) is 6.10 Å². The van der Waals surface area contributed by atoms with Crippen molar-refractivity contribution in [3.8, 4) is 5.75 Å². The molecule has 2 unspecified atom stereocenters. The molecule has 5 nitrogen and oxygen atoms in total. The number of amides is 1. The van der Waals surface area contributed by atoms with Gasteiger partial charge in [-0.2, -0.15) is 0 Å². The van der Waals surface area contributed by atoms with E-state index < -0.39 is 11.9 Å². The van der Waals surface area contributed by atoms with E-state index in [4.69, 9.17) is 15.2 Å². The summed E-state index contributed by atoms with van der Waals surface area (Å²) in [5, 5.41) is 2.64. The average molecular weight is 282 g/mol. The summed E-state index contributed by atoms with van der Waals surface area (Å²) in [4.78, 5) is 12.0. The van der Waals surface area contributed by atoms with E-state index in [1.165, 1.54) is 12.1 Å². The fourth-order valence-electron chi connectivity index (χ4n) is 2.15. The van der Waals surface area contributed by atoms with Gasteiger partial charge in [0, 0.05) is 18.3 Å². The Morgan fingerprint density at radius 2 is 2.35 bits per heavy atom. The number of anilines is 1. The Morgan fingerprint density at radius 1 is 1.55 bits per heavy atom. The molecule has 3 N–H and O–H groups in total. The zero-order valence-corrected chi connectivity index (χ0v) is 11.4. The van der Waals surface area contributed by atoms with E-state index in [1.807, 2.05) is 0 Å². The van der Waals surface area contributed by atoms with E-state index in [0.29, 0.717) is 25.3 Å². The van der Waals surface area contributed by atoms with E-state index in [2.05, 4.69) is 5.32 Å². The zero-order chi connectivity index (χ0) is 14.5. The largest absolute Gasteiger partial charge is 0.491 e. The van der Waals surface area contributed by atoms with Gasteiger partial charge in [0.05, 0.1) is 12.7 Å². The summed E-state index contributed by atoms with van der Waals surface area (Å²) in [6, 6.07) is 4.33. The Balaban J connectivity index is 1.96. The van der Waals surface area contributed by atoms with E-state index in [9.17, 15) is 9.18 Å². The first-order chi connectivity index (χ1) is 9.63. The third-order valence-corrected chi connectivity index (χ3v) is 3.16. The van der Waals surface area contributed by atoms with Crippen molar-refractivity contribution in [1.29, 1.82) is 0 Å². The van der Waals surface area contributed by atoms with Crippen LogP contribution in [0, 0.1) is 5.82 Å². The summed E-state index contributed by atoms with van der Waals surface area (Å²) in [7, 11) is 0. The van der Waals surface area contributed by atoms with Crippen LogP contribution in [0.25, 0.3) is 0 Å². The normalized spacial score (nSPS) is 21.8. The lowest BCUT2D eigenvalue weighted by Gasteiger charge is -2.13. The standard InChI is InChI=1S/C14H19FN2O3/c1-2-19-12-5-3-9(7-11(12)15)17-14(18)13-6-4-10(8-16)20-13/h3,5,7,10,13H,2,4,6,8,16H2,1H3,(H,17,18). The summed E-state index contributed by atoms with van der Waals surface area (Å²) in [5.74, 6) is -0.604. The number of benzene rings is 1. The summed E-state index contributed by atoms with van der Waals surface area (Å²) in [6.45, 7) is 2.57. The van der Waals surface area contributed by atoms with E-state index in [1.54, 1.807) is 13.0 Å². The molecule has 1 aliphatic rings. The Bertz CT molecular complexity index is 481. The van der Waals surface area contributed by atoms with Gasteiger partial charge in [0.25, 0.3) is 5.91 Å². The molecule has 6 heteroatoms. The fourth-order valence-corrected chi connectivity index (χ4v) is 2.15. The van der Waals surface area contributed by atoms with Crippen LogP contribution in [0.1, 0.15) is 19.8 Å². The molecule has 0 spiro atoms. The second kappa shape index (κ2) is 6.67. The minimum absolute atomic E-state index is 0.0668. The predicted molar refractivity (Wildman–Crippen MR) is 73.1 cm³/mol. The minimum atomic E-state index is -0.516. The number of ether oxygens (including phenoxy) is 2. The number of hydrogen-bond donors (Lipinski definition) is 2. The van der Waals surface area contributed by atoms with Crippen LogP contribution in [0.2, 0.25) is 0 Å². The molecule has 2 rings (SSSR count). The van der Waals surface area contributed by atoms with Crippen LogP contribution in [0.3, 0.4) is 0 Å². The van der Waals surface area contributed by atoms with Crippen LogP contribution in [0.5, 0.6) is 5.75 Å². The van der Waals surface area contributed by atoms with Gasteiger partial charge in [0.15, 0.2) is 11.6 Å². The monoisotopic (exact) mass is 282 g/mol. The zero-order valence-electron chi connectivity index (χ0n) is 11.4. The molecule has 1 heterocycles. The smallest absolute Gasteiger partial charge is 0.253 e. The molecule has 1 aromatic carbocycles. The Kier molecular flexibility index (Phi) is 4.92. The minimum Gasteiger partial charge on any atom is -0.491 e. The van der Waals surface area contributed by atoms with Gasteiger partial charge in [-0.25, -0.2) is 4.39 Å². The third kappa shape index (κ3) is 3.46. The SMILES string of the molecule is CCOc1ccc(NC(=O)C2CCC(CN)O2)cc1F. The highest BCUT2D eigenvalue weighted by atomic mass is 19.1. The van der Waals surface area contributed by atoms with Gasteiger partial charge in [0.2, 0.25) is 0 Å². The predicted octanol–water partition coefficient (Wildman–Crippen LogP) is 1.67. The van der Waals surface area contributed by atoms with Gasteiger partial charge in [-0.15, -0.1) is 0 Å². The first-order valence-corrected chi connectivity index (χ1v) is 6.72. The van der Waals surface area contributed by atoms with E-state index >= 15 is 0 Å². The van der Waals surface area contributed by atoms with Crippen LogP contribution in [0.15, 0.2) is 18.2 Å². The number of nitrogens with one attached hydrogen (secondary N) is 1. The molecule has 2 atom stereocenters. The van der Waals surface area contributed by atoms with Crippen molar-refractivity contribution < 1.29 is 18.7 Å². The highest BCUT2D eigenvalue weighted by molar-refractivity contribution is 5.94. The molecule has 1 saturated heterocycles. The Labute approximate surface area is 117 Å². The van der Waals surface area contributed by atoms with Gasteiger partial charge < -0.3 is 20.5 Å². The topological polar surface area (TPSA) is 73.6 Å². The number of carbonyl (C=O) groups excluding carboxylic acids is 1. The molecular weight excluding hydrogens is 263 g/mol. The van der Waals surface area contributed by atoms with Gasteiger partial charge in [-0.3, -0.25) is 4.79 Å². The van der Waals surface area contributed by atoms with Crippen LogP contribution < -0.4 is 15.8 Å². The number of hydrogen-bond acceptors (Lipinski definition) is 4. The highest BCUT2D eigenvalue weighted by Gasteiger charge is 2.29. The molecule has 1 aromatic rings. The molecule has 1 fully saturated rings. The van der Waals surface area contributed by atoms with Crippen molar-refractivity contribution in [2.45, 2.75) is 32.0 Å². The maximum atomic E-state index is 13.7. The first kappa shape index (κ1) is 14.7. The summed E-state index contributed by atoms with van der Waals surface area (Å²) < 4.78 is 24.2. The molecule has 0 bridgehead atoms. The number of carbonyl (C=O) groups is 1. The third-order valence-electron chi connectivity index (χ3n) is 3.16. The number of halogens is 1. The van der Waals surface area contributed by atoms with Gasteiger partial charge in [-0.1, -0.05) is 0 Å². The van der Waals surface area contributed by atoms with Crippen LogP contribution in [-0.4, -0.2) is 31.3 Å². The van der Waals surface area contributed by atoms with Crippen molar-refractivity contribution in [3.63, 3.8) is 0 Å². The molecule has 1 aliphatic heterocycles. The maximum Gasteiger partial charge on any atom is 0.253 e. The van der Waals surface area contributed by atoms with Crippen LogP contribution in [-0.2, 0) is 9.53 Å². The lowest BCUT2D eigenvalue weighted by Crippen LogP contribution is -2.29. The second-order valence-electron chi connectivity index (χ2n) is 4.63. The summed E-state index contributed by atoms with van der Waals surface area (Å²) >= 11 is 0. The molecular formula is C14H19FN2O3. The molecule has 0 aliphatic carbocycles. The van der Waals surface area contributed by atoms with Gasteiger partial charge >= 0.3 is 0 Å². The summed E-state index contributed by atoms with van der Waals surface area (Å²) in [5.41, 5.74) is 5.88. The summed E-state index contributed by atoms with van der Waals surface area (Å²) in [6.07, 6.45) is 0.820. The average Bonchev–Trinajstić information content (AvgIpc) is 2.91. The van der Waals surface area contributed by atoms with E-state index in [0.717, 1.165) is 6.42 Å². The van der Waals surface area contributed by atoms with Crippen molar-refractivity contribution in [2.24, 2.45) is 5.73 Å².